The number of nitrogens with zero attached hydrogens (tertiary/aromatic N) is 2. The van der Waals surface area contributed by atoms with Gasteiger partial charge < -0.3 is 14.9 Å². The third-order valence-corrected chi connectivity index (χ3v) is 3.37. The first-order valence-electron chi connectivity index (χ1n) is 5.62. The molecule has 1 aromatic rings. The van der Waals surface area contributed by atoms with E-state index in [0.29, 0.717) is 18.0 Å². The summed E-state index contributed by atoms with van der Waals surface area (Å²) in [6.45, 7) is 2.71. The Kier molecular flexibility index (Phi) is 5.30. The van der Waals surface area contributed by atoms with Gasteiger partial charge in [0.05, 0.1) is 4.88 Å². The molecular formula is C12H18N2O3S. The van der Waals surface area contributed by atoms with Crippen LogP contribution in [0.3, 0.4) is 0 Å². The van der Waals surface area contributed by atoms with Crippen LogP contribution in [0.4, 0.5) is 0 Å². The van der Waals surface area contributed by atoms with Crippen LogP contribution in [0.1, 0.15) is 14.5 Å². The fourth-order valence-corrected chi connectivity index (χ4v) is 2.28. The Morgan fingerprint density at radius 3 is 2.39 bits per heavy atom. The van der Waals surface area contributed by atoms with Gasteiger partial charge in [0.1, 0.15) is 6.54 Å². The lowest BCUT2D eigenvalue weighted by molar-refractivity contribution is -0.137. The lowest BCUT2D eigenvalue weighted by atomic mass is 10.3. The van der Waals surface area contributed by atoms with Crippen LogP contribution in [0, 0.1) is 6.92 Å². The maximum Gasteiger partial charge on any atom is 0.323 e. The Morgan fingerprint density at radius 1 is 1.28 bits per heavy atom. The minimum atomic E-state index is -0.990. The molecule has 5 nitrogen and oxygen atoms in total. The first kappa shape index (κ1) is 14.7. The second kappa shape index (κ2) is 6.51. The van der Waals surface area contributed by atoms with E-state index in [9.17, 15) is 9.59 Å². The summed E-state index contributed by atoms with van der Waals surface area (Å²) in [4.78, 5) is 27.9. The molecule has 0 radical (unpaired) electrons. The van der Waals surface area contributed by atoms with Crippen LogP contribution in [0.25, 0.3) is 0 Å². The maximum absolute atomic E-state index is 12.2. The second-order valence-electron chi connectivity index (χ2n) is 4.33. The molecule has 0 saturated heterocycles. The van der Waals surface area contributed by atoms with Crippen molar-refractivity contribution in [2.75, 3.05) is 33.7 Å². The minimum Gasteiger partial charge on any atom is -0.480 e. The van der Waals surface area contributed by atoms with Crippen molar-refractivity contribution in [2.45, 2.75) is 6.92 Å². The molecule has 1 rings (SSSR count). The standard InChI is InChI=1S/C12H18N2O3S/c1-9-4-5-10(18-9)12(17)14(8-11(15)16)7-6-13(2)3/h4-5H,6-8H2,1-3H3,(H,15,16). The topological polar surface area (TPSA) is 60.9 Å². The molecule has 1 N–H and O–H groups in total. The maximum atomic E-state index is 12.2. The monoisotopic (exact) mass is 270 g/mol. The summed E-state index contributed by atoms with van der Waals surface area (Å²) in [7, 11) is 3.78. The zero-order chi connectivity index (χ0) is 13.7. The third kappa shape index (κ3) is 4.46. The van der Waals surface area contributed by atoms with Gasteiger partial charge in [-0.05, 0) is 33.2 Å². The minimum absolute atomic E-state index is 0.211. The van der Waals surface area contributed by atoms with E-state index in [4.69, 9.17) is 5.11 Å². The fourth-order valence-electron chi connectivity index (χ4n) is 1.44. The fraction of sp³-hybridized carbons (Fsp3) is 0.500. The number of hydrogen-bond donors (Lipinski definition) is 1. The average Bonchev–Trinajstić information content (AvgIpc) is 2.69. The highest BCUT2D eigenvalue weighted by Gasteiger charge is 2.19. The smallest absolute Gasteiger partial charge is 0.323 e. The summed E-state index contributed by atoms with van der Waals surface area (Å²) in [5.41, 5.74) is 0. The predicted octanol–water partition coefficient (Wildman–Crippen LogP) is 1.14. The molecule has 0 atom stereocenters. The van der Waals surface area contributed by atoms with Gasteiger partial charge in [-0.3, -0.25) is 9.59 Å². The molecule has 0 spiro atoms. The van der Waals surface area contributed by atoms with Crippen LogP contribution in [-0.2, 0) is 4.79 Å². The summed E-state index contributed by atoms with van der Waals surface area (Å²) in [6, 6.07) is 3.61. The number of amides is 1. The molecule has 0 aliphatic heterocycles. The van der Waals surface area contributed by atoms with Crippen LogP contribution >= 0.6 is 11.3 Å². The number of hydrogen-bond acceptors (Lipinski definition) is 4. The molecule has 100 valence electrons. The van der Waals surface area contributed by atoms with Crippen molar-refractivity contribution in [3.05, 3.63) is 21.9 Å². The van der Waals surface area contributed by atoms with Crippen molar-refractivity contribution in [1.82, 2.24) is 9.80 Å². The van der Waals surface area contributed by atoms with Crippen LogP contribution in [0.2, 0.25) is 0 Å². The molecule has 6 heteroatoms. The van der Waals surface area contributed by atoms with Crippen molar-refractivity contribution >= 4 is 23.2 Å². The number of thiophene rings is 1. The highest BCUT2D eigenvalue weighted by molar-refractivity contribution is 7.13. The van der Waals surface area contributed by atoms with E-state index >= 15 is 0 Å². The van der Waals surface area contributed by atoms with E-state index < -0.39 is 5.97 Å². The predicted molar refractivity (Wildman–Crippen MR) is 71.1 cm³/mol. The first-order valence-corrected chi connectivity index (χ1v) is 6.44. The Balaban J connectivity index is 2.75. The van der Waals surface area contributed by atoms with Gasteiger partial charge in [0.25, 0.3) is 5.91 Å². The SMILES string of the molecule is Cc1ccc(C(=O)N(CCN(C)C)CC(=O)O)s1. The van der Waals surface area contributed by atoms with E-state index in [0.717, 1.165) is 4.88 Å². The highest BCUT2D eigenvalue weighted by Crippen LogP contribution is 2.17. The normalized spacial score (nSPS) is 10.7. The lowest BCUT2D eigenvalue weighted by Gasteiger charge is -2.22. The molecule has 0 aliphatic rings. The van der Waals surface area contributed by atoms with Crippen LogP contribution in [0.5, 0.6) is 0 Å². The summed E-state index contributed by atoms with van der Waals surface area (Å²) in [6.07, 6.45) is 0. The molecule has 18 heavy (non-hydrogen) atoms. The van der Waals surface area contributed by atoms with Crippen LogP contribution < -0.4 is 0 Å². The molecule has 0 aromatic carbocycles. The van der Waals surface area contributed by atoms with Gasteiger partial charge >= 0.3 is 5.97 Å². The van der Waals surface area contributed by atoms with Crippen LogP contribution in [-0.4, -0.2) is 60.5 Å². The zero-order valence-corrected chi connectivity index (χ0v) is 11.7. The number of likely N-dealkylation sites (N-methyl/N-ethyl adjacent to an activating group) is 1. The van der Waals surface area contributed by atoms with Gasteiger partial charge in [-0.25, -0.2) is 0 Å². The molecule has 0 bridgehead atoms. The Morgan fingerprint density at radius 2 is 1.94 bits per heavy atom. The summed E-state index contributed by atoms with van der Waals surface area (Å²) in [5.74, 6) is -1.20. The van der Waals surface area contributed by atoms with Gasteiger partial charge in [-0.1, -0.05) is 0 Å². The molecule has 1 heterocycles. The van der Waals surface area contributed by atoms with Gasteiger partial charge in [0.15, 0.2) is 0 Å². The van der Waals surface area contributed by atoms with Crippen molar-refractivity contribution in [1.29, 1.82) is 0 Å². The van der Waals surface area contributed by atoms with E-state index in [1.165, 1.54) is 16.2 Å². The summed E-state index contributed by atoms with van der Waals surface area (Å²) < 4.78 is 0. The van der Waals surface area contributed by atoms with Crippen molar-refractivity contribution in [3.63, 3.8) is 0 Å². The van der Waals surface area contributed by atoms with Gasteiger partial charge in [-0.15, -0.1) is 11.3 Å². The number of aryl methyl sites for hydroxylation is 1. The summed E-state index contributed by atoms with van der Waals surface area (Å²) in [5, 5.41) is 8.85. The number of aliphatic carboxylic acids is 1. The molecule has 0 fully saturated rings. The van der Waals surface area contributed by atoms with Crippen molar-refractivity contribution in [2.24, 2.45) is 0 Å². The van der Waals surface area contributed by atoms with Gasteiger partial charge in [0.2, 0.25) is 0 Å². The molecule has 1 amide bonds. The molecular weight excluding hydrogens is 252 g/mol. The first-order chi connectivity index (χ1) is 8.40. The Labute approximate surface area is 111 Å². The van der Waals surface area contributed by atoms with Crippen LogP contribution in [0.15, 0.2) is 12.1 Å². The van der Waals surface area contributed by atoms with Gasteiger partial charge in [-0.2, -0.15) is 0 Å². The van der Waals surface area contributed by atoms with E-state index in [1.807, 2.05) is 32.0 Å². The van der Waals surface area contributed by atoms with E-state index in [1.54, 1.807) is 6.07 Å². The highest BCUT2D eigenvalue weighted by atomic mass is 32.1. The van der Waals surface area contributed by atoms with E-state index in [2.05, 4.69) is 0 Å². The number of carboxylic acid groups (broad SMARTS) is 1. The molecule has 0 unspecified atom stereocenters. The second-order valence-corrected chi connectivity index (χ2v) is 5.62. The lowest BCUT2D eigenvalue weighted by Crippen LogP contribution is -2.39. The Hall–Kier alpha value is -1.40. The van der Waals surface area contributed by atoms with Gasteiger partial charge in [0, 0.05) is 18.0 Å². The van der Waals surface area contributed by atoms with Crippen molar-refractivity contribution in [3.8, 4) is 0 Å². The number of rotatable bonds is 6. The number of carbonyl (C=O) groups is 2. The molecule has 1 aromatic heterocycles. The zero-order valence-electron chi connectivity index (χ0n) is 10.8. The molecule has 0 aliphatic carbocycles. The summed E-state index contributed by atoms with van der Waals surface area (Å²) >= 11 is 1.39. The number of carbonyl (C=O) groups excluding carboxylic acids is 1. The van der Waals surface area contributed by atoms with Crippen molar-refractivity contribution < 1.29 is 14.7 Å². The third-order valence-electron chi connectivity index (χ3n) is 2.38. The number of carboxylic acids is 1. The average molecular weight is 270 g/mol. The largest absolute Gasteiger partial charge is 0.480 e. The quantitative estimate of drug-likeness (QED) is 0.842. The van der Waals surface area contributed by atoms with E-state index in [-0.39, 0.29) is 12.5 Å². The molecule has 0 saturated carbocycles. The Bertz CT molecular complexity index is 429.